The van der Waals surface area contributed by atoms with Gasteiger partial charge in [-0.05, 0) is 73.0 Å². The molecule has 3 saturated carbocycles. The van der Waals surface area contributed by atoms with Gasteiger partial charge in [0.05, 0.1) is 5.56 Å². The van der Waals surface area contributed by atoms with Gasteiger partial charge in [0.25, 0.3) is 0 Å². The van der Waals surface area contributed by atoms with Gasteiger partial charge in [-0.1, -0.05) is 83.8 Å². The molecule has 3 aliphatic carbocycles. The Morgan fingerprint density at radius 1 is 0.771 bits per heavy atom. The Kier molecular flexibility index (Phi) is 8.96. The highest BCUT2D eigenvalue weighted by atomic mass is 32.2. The number of hydrogen-bond donors (Lipinski definition) is 1. The minimum Gasteiger partial charge on any atom is -0.439 e. The largest absolute Gasteiger partial charge is 0.439 e. The highest BCUT2D eigenvalue weighted by molar-refractivity contribution is 7.86. The lowest BCUT2D eigenvalue weighted by Crippen LogP contribution is -2.33. The van der Waals surface area contributed by atoms with Crippen molar-refractivity contribution in [2.75, 3.05) is 0 Å². The van der Waals surface area contributed by atoms with Gasteiger partial charge in [-0.2, -0.15) is 8.42 Å². The van der Waals surface area contributed by atoms with Crippen molar-refractivity contribution >= 4 is 16.1 Å². The van der Waals surface area contributed by atoms with Crippen LogP contribution in [0.15, 0.2) is 12.1 Å². The molecule has 3 fully saturated rings. The second kappa shape index (κ2) is 11.8. The van der Waals surface area contributed by atoms with E-state index in [9.17, 15) is 17.8 Å². The molecule has 1 N–H and O–H groups in total. The second-order valence-corrected chi connectivity index (χ2v) is 13.1. The zero-order chi connectivity index (χ0) is 25.0. The number of ether oxygens (including phenoxy) is 1. The van der Waals surface area contributed by atoms with E-state index in [1.807, 2.05) is 0 Å². The zero-order valence-corrected chi connectivity index (χ0v) is 22.5. The van der Waals surface area contributed by atoms with Crippen LogP contribution in [0.25, 0.3) is 0 Å². The average molecular weight is 505 g/mol. The van der Waals surface area contributed by atoms with Gasteiger partial charge in [0, 0.05) is 5.92 Å². The van der Waals surface area contributed by atoms with Crippen LogP contribution in [-0.4, -0.2) is 24.4 Å². The van der Waals surface area contributed by atoms with Crippen molar-refractivity contribution in [3.8, 4) is 0 Å². The normalized spacial score (nSPS) is 22.3. The fourth-order valence-electron chi connectivity index (χ4n) is 6.80. The third-order valence-electron chi connectivity index (χ3n) is 8.65. The van der Waals surface area contributed by atoms with Crippen molar-refractivity contribution in [3.63, 3.8) is 0 Å². The third-order valence-corrected chi connectivity index (χ3v) is 9.88. The molecule has 0 spiro atoms. The number of benzene rings is 1. The molecule has 3 aliphatic rings. The number of carbonyl (C=O) groups is 1. The summed E-state index contributed by atoms with van der Waals surface area (Å²) >= 11 is 0. The lowest BCUT2D eigenvalue weighted by molar-refractivity contribution is 0.0352. The van der Waals surface area contributed by atoms with E-state index in [1.54, 1.807) is 13.8 Å². The van der Waals surface area contributed by atoms with E-state index < -0.39 is 27.4 Å². The minimum atomic E-state index is -4.51. The molecular formula is C29H44O5S. The molecule has 196 valence electrons. The molecule has 0 amide bonds. The molecule has 6 heteroatoms. The maximum atomic E-state index is 13.8. The van der Waals surface area contributed by atoms with Crippen LogP contribution in [0.3, 0.4) is 0 Å². The topological polar surface area (TPSA) is 80.7 Å². The maximum absolute atomic E-state index is 13.8. The molecule has 0 aliphatic heterocycles. The fraction of sp³-hybridized carbons (Fsp3) is 0.759. The summed E-state index contributed by atoms with van der Waals surface area (Å²) in [5, 5.41) is 0. The van der Waals surface area contributed by atoms with Crippen molar-refractivity contribution in [1.29, 1.82) is 0 Å². The predicted octanol–water partition coefficient (Wildman–Crippen LogP) is 7.86. The average Bonchev–Trinajstić information content (AvgIpc) is 2.87. The molecule has 0 heterocycles. The molecule has 0 aromatic heterocycles. The number of rotatable bonds is 7. The first-order chi connectivity index (χ1) is 16.8. The predicted molar refractivity (Wildman–Crippen MR) is 140 cm³/mol. The molecule has 0 bridgehead atoms. The summed E-state index contributed by atoms with van der Waals surface area (Å²) in [7, 11) is -4.51. The molecule has 1 unspecified atom stereocenters. The Hall–Kier alpha value is -1.40. The molecule has 1 aromatic carbocycles. The van der Waals surface area contributed by atoms with Crippen molar-refractivity contribution in [2.45, 2.75) is 133 Å². The van der Waals surface area contributed by atoms with Crippen molar-refractivity contribution in [2.24, 2.45) is 5.92 Å². The lowest BCUT2D eigenvalue weighted by Gasteiger charge is -2.32. The van der Waals surface area contributed by atoms with Crippen LogP contribution in [-0.2, 0) is 14.9 Å². The van der Waals surface area contributed by atoms with Crippen LogP contribution in [0, 0.1) is 5.92 Å². The Morgan fingerprint density at radius 2 is 1.17 bits per heavy atom. The lowest BCUT2D eigenvalue weighted by atomic mass is 9.73. The van der Waals surface area contributed by atoms with Gasteiger partial charge in [-0.15, -0.1) is 0 Å². The zero-order valence-electron chi connectivity index (χ0n) is 21.6. The van der Waals surface area contributed by atoms with Gasteiger partial charge in [0.1, 0.15) is 0 Å². The maximum Gasteiger partial charge on any atom is 0.340 e. The summed E-state index contributed by atoms with van der Waals surface area (Å²) in [6, 6.07) is 4.57. The van der Waals surface area contributed by atoms with Gasteiger partial charge >= 0.3 is 16.1 Å². The van der Waals surface area contributed by atoms with E-state index in [2.05, 4.69) is 12.1 Å². The van der Waals surface area contributed by atoms with Gasteiger partial charge in [0.15, 0.2) is 0 Å². The van der Waals surface area contributed by atoms with Crippen molar-refractivity contribution < 1.29 is 22.5 Å². The highest BCUT2D eigenvalue weighted by Gasteiger charge is 2.35. The van der Waals surface area contributed by atoms with Gasteiger partial charge in [0.2, 0.25) is 5.44 Å². The molecule has 1 aromatic rings. The Labute approximate surface area is 212 Å². The number of esters is 1. The van der Waals surface area contributed by atoms with E-state index in [1.165, 1.54) is 50.5 Å². The Bertz CT molecular complexity index is 926. The van der Waals surface area contributed by atoms with Crippen LogP contribution in [0.1, 0.15) is 155 Å². The monoisotopic (exact) mass is 504 g/mol. The minimum absolute atomic E-state index is 0.306. The first kappa shape index (κ1) is 26.7. The fourth-order valence-corrected chi connectivity index (χ4v) is 7.69. The van der Waals surface area contributed by atoms with Crippen LogP contribution < -0.4 is 0 Å². The summed E-state index contributed by atoms with van der Waals surface area (Å²) in [5.74, 6) is 0.0463. The molecule has 1 atom stereocenters. The first-order valence-corrected chi connectivity index (χ1v) is 15.6. The third kappa shape index (κ3) is 6.49. The standard InChI is InChI=1S/C29H44O5S/c1-20(2)29(35(31,32)33)34-28(30)27-25(22-14-8-4-9-15-22)18-24(21-12-6-3-7-13-21)19-26(27)23-16-10-5-11-17-23/h18-23,29H,3-17H2,1-2H3,(H,31,32,33). The highest BCUT2D eigenvalue weighted by Crippen LogP contribution is 2.44. The van der Waals surface area contributed by atoms with Crippen LogP contribution in [0.2, 0.25) is 0 Å². The van der Waals surface area contributed by atoms with Gasteiger partial charge < -0.3 is 4.74 Å². The molecular weight excluding hydrogens is 460 g/mol. The Balaban J connectivity index is 1.82. The quantitative estimate of drug-likeness (QED) is 0.302. The summed E-state index contributed by atoms with van der Waals surface area (Å²) in [5.41, 5.74) is 2.59. The molecule has 5 nitrogen and oxygen atoms in total. The van der Waals surface area contributed by atoms with Crippen molar-refractivity contribution in [3.05, 3.63) is 34.4 Å². The van der Waals surface area contributed by atoms with Crippen LogP contribution in [0.4, 0.5) is 0 Å². The van der Waals surface area contributed by atoms with E-state index in [0.717, 1.165) is 62.5 Å². The van der Waals surface area contributed by atoms with Crippen LogP contribution in [0.5, 0.6) is 0 Å². The van der Waals surface area contributed by atoms with E-state index >= 15 is 0 Å². The molecule has 35 heavy (non-hydrogen) atoms. The first-order valence-electron chi connectivity index (χ1n) is 14.1. The SMILES string of the molecule is CC(C)C(OC(=O)c1c(C2CCCCC2)cc(C2CCCCC2)cc1C1CCCCC1)S(=O)(=O)O. The van der Waals surface area contributed by atoms with E-state index in [-0.39, 0.29) is 0 Å². The number of carbonyl (C=O) groups excluding carboxylic acids is 1. The summed E-state index contributed by atoms with van der Waals surface area (Å²) in [6.07, 6.45) is 17.6. The molecule has 0 radical (unpaired) electrons. The van der Waals surface area contributed by atoms with E-state index in [0.29, 0.717) is 23.3 Å². The van der Waals surface area contributed by atoms with Crippen LogP contribution >= 0.6 is 0 Å². The van der Waals surface area contributed by atoms with Gasteiger partial charge in [-0.25, -0.2) is 4.79 Å². The smallest absolute Gasteiger partial charge is 0.340 e. The second-order valence-electron chi connectivity index (χ2n) is 11.6. The van der Waals surface area contributed by atoms with E-state index in [4.69, 9.17) is 4.74 Å². The number of hydrogen-bond acceptors (Lipinski definition) is 4. The summed E-state index contributed by atoms with van der Waals surface area (Å²) in [6.45, 7) is 3.31. The van der Waals surface area contributed by atoms with Gasteiger partial charge in [-0.3, -0.25) is 4.55 Å². The molecule has 0 saturated heterocycles. The molecule has 4 rings (SSSR count). The summed E-state index contributed by atoms with van der Waals surface area (Å²) in [4.78, 5) is 13.8. The summed E-state index contributed by atoms with van der Waals surface area (Å²) < 4.78 is 39.5. The van der Waals surface area contributed by atoms with Crippen molar-refractivity contribution in [1.82, 2.24) is 0 Å². The Morgan fingerprint density at radius 3 is 1.54 bits per heavy atom.